The van der Waals surface area contributed by atoms with E-state index in [1.54, 1.807) is 18.2 Å². The van der Waals surface area contributed by atoms with Gasteiger partial charge in [-0.1, -0.05) is 35.5 Å². The smallest absolute Gasteiger partial charge is 0.257 e. The summed E-state index contributed by atoms with van der Waals surface area (Å²) in [5, 5.41) is 3.91. The van der Waals surface area contributed by atoms with Gasteiger partial charge in [0.1, 0.15) is 5.52 Å². The Bertz CT molecular complexity index is 1210. The summed E-state index contributed by atoms with van der Waals surface area (Å²) in [6.45, 7) is 1.94. The number of nitrogens with one attached hydrogen (secondary N) is 1. The zero-order valence-electron chi connectivity index (χ0n) is 16.7. The number of carbonyl (C=O) groups is 1. The number of sulfonamides is 1. The van der Waals surface area contributed by atoms with Crippen LogP contribution in [-0.4, -0.2) is 61.8 Å². The van der Waals surface area contributed by atoms with Gasteiger partial charge in [-0.3, -0.25) is 4.79 Å². The summed E-state index contributed by atoms with van der Waals surface area (Å²) >= 11 is 7.17. The zero-order valence-corrected chi connectivity index (χ0v) is 19.1. The van der Waals surface area contributed by atoms with Crippen LogP contribution in [-0.2, 0) is 14.8 Å². The number of aromatic nitrogens is 1. The summed E-state index contributed by atoms with van der Waals surface area (Å²) in [4.78, 5) is 19.0. The molecule has 1 amide bonds. The monoisotopic (exact) mass is 480 g/mol. The molecule has 164 valence electrons. The van der Waals surface area contributed by atoms with Crippen molar-refractivity contribution in [2.45, 2.75) is 5.22 Å². The highest BCUT2D eigenvalue weighted by molar-refractivity contribution is 7.99. The summed E-state index contributed by atoms with van der Waals surface area (Å²) < 4.78 is 30.6. The van der Waals surface area contributed by atoms with Crippen molar-refractivity contribution in [1.82, 2.24) is 9.29 Å². The van der Waals surface area contributed by atoms with Crippen molar-refractivity contribution in [3.8, 4) is 0 Å². The summed E-state index contributed by atoms with van der Waals surface area (Å²) in [5.41, 5.74) is 2.82. The molecule has 31 heavy (non-hydrogen) atoms. The van der Waals surface area contributed by atoms with E-state index in [4.69, 9.17) is 16.0 Å². The van der Waals surface area contributed by atoms with Crippen LogP contribution < -0.4 is 10.2 Å². The van der Waals surface area contributed by atoms with E-state index < -0.39 is 10.0 Å². The van der Waals surface area contributed by atoms with Crippen molar-refractivity contribution < 1.29 is 17.6 Å². The molecular formula is C20H21ClN4O4S2. The van der Waals surface area contributed by atoms with E-state index >= 15 is 0 Å². The highest BCUT2D eigenvalue weighted by Gasteiger charge is 2.24. The standard InChI is InChI=1S/C20H21ClN4O4S2/c1-31(27,28)25-10-8-24(9-11-25)17-5-3-2-4-15(17)22-19(26)13-30-20-23-16-12-14(21)6-7-18(16)29-20/h2-7,12H,8-11,13H2,1H3,(H,22,26). The van der Waals surface area contributed by atoms with Crippen LogP contribution in [0.1, 0.15) is 0 Å². The number of rotatable bonds is 6. The van der Waals surface area contributed by atoms with Crippen molar-refractivity contribution in [2.24, 2.45) is 0 Å². The minimum atomic E-state index is -3.19. The summed E-state index contributed by atoms with van der Waals surface area (Å²) in [5.74, 6) is -0.0518. The van der Waals surface area contributed by atoms with E-state index in [1.165, 1.54) is 22.3 Å². The van der Waals surface area contributed by atoms with Gasteiger partial charge in [-0.2, -0.15) is 4.31 Å². The van der Waals surface area contributed by atoms with Crippen molar-refractivity contribution in [2.75, 3.05) is 48.4 Å². The molecule has 0 aliphatic carbocycles. The molecule has 3 aromatic rings. The quantitative estimate of drug-likeness (QED) is 0.541. The third-order valence-electron chi connectivity index (χ3n) is 4.88. The van der Waals surface area contributed by atoms with E-state index in [9.17, 15) is 13.2 Å². The lowest BCUT2D eigenvalue weighted by molar-refractivity contribution is -0.113. The molecule has 2 aromatic carbocycles. The largest absolute Gasteiger partial charge is 0.431 e. The van der Waals surface area contributed by atoms with Gasteiger partial charge < -0.3 is 14.6 Å². The molecular weight excluding hydrogens is 460 g/mol. The molecule has 1 fully saturated rings. The average Bonchev–Trinajstić information content (AvgIpc) is 3.14. The SMILES string of the molecule is CS(=O)(=O)N1CCN(c2ccccc2NC(=O)CSc2nc3cc(Cl)ccc3o2)CC1. The number of anilines is 2. The van der Waals surface area contributed by atoms with Gasteiger partial charge in [0, 0.05) is 31.2 Å². The predicted molar refractivity (Wildman–Crippen MR) is 123 cm³/mol. The van der Waals surface area contributed by atoms with Gasteiger partial charge in [-0.25, -0.2) is 13.4 Å². The number of piperazine rings is 1. The molecule has 1 N–H and O–H groups in total. The van der Waals surface area contributed by atoms with Crippen LogP contribution in [0.5, 0.6) is 0 Å². The van der Waals surface area contributed by atoms with Crippen LogP contribution in [0.15, 0.2) is 52.1 Å². The van der Waals surface area contributed by atoms with Crippen LogP contribution >= 0.6 is 23.4 Å². The second-order valence-electron chi connectivity index (χ2n) is 7.09. The lowest BCUT2D eigenvalue weighted by Gasteiger charge is -2.35. The summed E-state index contributed by atoms with van der Waals surface area (Å²) in [6.07, 6.45) is 1.22. The van der Waals surface area contributed by atoms with Gasteiger partial charge >= 0.3 is 0 Å². The Labute approximate surface area is 189 Å². The number of benzene rings is 2. The maximum atomic E-state index is 12.5. The Hall–Kier alpha value is -2.27. The first kappa shape index (κ1) is 21.9. The first-order chi connectivity index (χ1) is 14.8. The van der Waals surface area contributed by atoms with Gasteiger partial charge in [0.05, 0.1) is 23.4 Å². The average molecular weight is 481 g/mol. The first-order valence-electron chi connectivity index (χ1n) is 9.57. The maximum absolute atomic E-state index is 12.5. The fourth-order valence-corrected chi connectivity index (χ4v) is 5.00. The number of oxazole rings is 1. The Morgan fingerprint density at radius 1 is 1.19 bits per heavy atom. The molecule has 1 saturated heterocycles. The van der Waals surface area contributed by atoms with Crippen LogP contribution in [0.2, 0.25) is 5.02 Å². The molecule has 0 atom stereocenters. The van der Waals surface area contributed by atoms with Gasteiger partial charge in [-0.15, -0.1) is 0 Å². The molecule has 0 saturated carbocycles. The first-order valence-corrected chi connectivity index (χ1v) is 12.8. The molecule has 11 heteroatoms. The second-order valence-corrected chi connectivity index (χ2v) is 10.4. The molecule has 4 rings (SSSR count). The number of nitrogens with zero attached hydrogens (tertiary/aromatic N) is 3. The topological polar surface area (TPSA) is 95.8 Å². The molecule has 0 unspecified atom stereocenters. The molecule has 8 nitrogen and oxygen atoms in total. The van der Waals surface area contributed by atoms with E-state index in [-0.39, 0.29) is 11.7 Å². The summed E-state index contributed by atoms with van der Waals surface area (Å²) in [6, 6.07) is 12.7. The van der Waals surface area contributed by atoms with E-state index in [1.807, 2.05) is 24.3 Å². The minimum Gasteiger partial charge on any atom is -0.431 e. The number of amides is 1. The molecule has 0 radical (unpaired) electrons. The molecule has 0 bridgehead atoms. The van der Waals surface area contributed by atoms with Crippen molar-refractivity contribution in [3.05, 3.63) is 47.5 Å². The Morgan fingerprint density at radius 3 is 2.68 bits per heavy atom. The predicted octanol–water partition coefficient (Wildman–Crippen LogP) is 3.29. The molecule has 2 heterocycles. The van der Waals surface area contributed by atoms with Gasteiger partial charge in [0.25, 0.3) is 5.22 Å². The van der Waals surface area contributed by atoms with Crippen LogP contribution in [0.3, 0.4) is 0 Å². The number of fused-ring (bicyclic) bond motifs is 1. The second kappa shape index (κ2) is 9.07. The van der Waals surface area contributed by atoms with Crippen molar-refractivity contribution >= 4 is 61.8 Å². The van der Waals surface area contributed by atoms with Crippen molar-refractivity contribution in [1.29, 1.82) is 0 Å². The number of hydrogen-bond acceptors (Lipinski definition) is 7. The van der Waals surface area contributed by atoms with E-state index in [0.29, 0.717) is 53.2 Å². The Balaban J connectivity index is 1.38. The van der Waals surface area contributed by atoms with Gasteiger partial charge in [0.15, 0.2) is 5.58 Å². The lowest BCUT2D eigenvalue weighted by Crippen LogP contribution is -2.48. The summed E-state index contributed by atoms with van der Waals surface area (Å²) in [7, 11) is -3.19. The normalized spacial score (nSPS) is 15.4. The number of hydrogen-bond donors (Lipinski definition) is 1. The van der Waals surface area contributed by atoms with Gasteiger partial charge in [0.2, 0.25) is 15.9 Å². The highest BCUT2D eigenvalue weighted by Crippen LogP contribution is 2.28. The third kappa shape index (κ3) is 5.32. The number of halogens is 1. The van der Waals surface area contributed by atoms with Crippen molar-refractivity contribution in [3.63, 3.8) is 0 Å². The Morgan fingerprint density at radius 2 is 1.94 bits per heavy atom. The fourth-order valence-electron chi connectivity index (χ4n) is 3.37. The molecule has 1 aliphatic rings. The van der Waals surface area contributed by atoms with Crippen LogP contribution in [0.25, 0.3) is 11.1 Å². The molecule has 1 aliphatic heterocycles. The maximum Gasteiger partial charge on any atom is 0.257 e. The van der Waals surface area contributed by atoms with E-state index in [2.05, 4.69) is 15.2 Å². The Kier molecular flexibility index (Phi) is 6.42. The third-order valence-corrected chi connectivity index (χ3v) is 7.25. The number of thioether (sulfide) groups is 1. The fraction of sp³-hybridized carbons (Fsp3) is 0.300. The highest BCUT2D eigenvalue weighted by atomic mass is 35.5. The lowest BCUT2D eigenvalue weighted by atomic mass is 10.2. The van der Waals surface area contributed by atoms with Gasteiger partial charge in [-0.05, 0) is 30.3 Å². The molecule has 1 aromatic heterocycles. The molecule has 0 spiro atoms. The number of carbonyl (C=O) groups excluding carboxylic acids is 1. The zero-order chi connectivity index (χ0) is 22.0. The minimum absolute atomic E-state index is 0.136. The van der Waals surface area contributed by atoms with Crippen LogP contribution in [0.4, 0.5) is 11.4 Å². The number of para-hydroxylation sites is 2. The van der Waals surface area contributed by atoms with E-state index in [0.717, 1.165) is 5.69 Å². The van der Waals surface area contributed by atoms with Crippen LogP contribution in [0, 0.1) is 0 Å².